The van der Waals surface area contributed by atoms with Crippen LogP contribution in [-0.4, -0.2) is 27.9 Å². The molecule has 3 heterocycles. The molecule has 0 spiro atoms. The van der Waals surface area contributed by atoms with E-state index in [4.69, 9.17) is 18.6 Å². The second-order valence-electron chi connectivity index (χ2n) is 5.16. The summed E-state index contributed by atoms with van der Waals surface area (Å²) in [5.74, 6) is -0.145. The number of carbonyl (C=O) groups excluding carboxylic acids is 1. The molecule has 0 amide bonds. The minimum atomic E-state index is -0.918. The Balaban J connectivity index is 1.50. The Hall–Kier alpha value is -2.99. The summed E-state index contributed by atoms with van der Waals surface area (Å²) in [7, 11) is 0. The van der Waals surface area contributed by atoms with Gasteiger partial charge in [-0.2, -0.15) is 0 Å². The maximum Gasteiger partial charge on any atom is 0.345 e. The Morgan fingerprint density at radius 1 is 1.30 bits per heavy atom. The number of hydrogen-bond acceptors (Lipinski definition) is 10. The lowest BCUT2D eigenvalue weighted by Crippen LogP contribution is -2.08. The average molecular weight is 454 g/mol. The SMILES string of the molecule is O=C(OCc1nnc(-c2ccc(Br)s2)o1)c1cc2c(cc1[N+](=O)[O-])OCO2. The molecule has 138 valence electrons. The molecule has 1 aromatic carbocycles. The number of aromatic nitrogens is 2. The molecule has 2 aromatic heterocycles. The summed E-state index contributed by atoms with van der Waals surface area (Å²) >= 11 is 4.74. The summed E-state index contributed by atoms with van der Waals surface area (Å²) in [4.78, 5) is 23.6. The van der Waals surface area contributed by atoms with E-state index in [1.54, 1.807) is 6.07 Å². The van der Waals surface area contributed by atoms with E-state index in [2.05, 4.69) is 26.1 Å². The van der Waals surface area contributed by atoms with Gasteiger partial charge in [-0.05, 0) is 28.1 Å². The average Bonchev–Trinajstić information content (AvgIpc) is 3.38. The van der Waals surface area contributed by atoms with Crippen molar-refractivity contribution in [1.82, 2.24) is 10.2 Å². The van der Waals surface area contributed by atoms with Crippen LogP contribution in [0.5, 0.6) is 11.5 Å². The minimum absolute atomic E-state index is 0.0614. The lowest BCUT2D eigenvalue weighted by atomic mass is 10.1. The summed E-state index contributed by atoms with van der Waals surface area (Å²) in [5, 5.41) is 18.9. The van der Waals surface area contributed by atoms with Crippen molar-refractivity contribution in [3.8, 4) is 22.3 Å². The van der Waals surface area contributed by atoms with Gasteiger partial charge < -0.3 is 18.6 Å². The lowest BCUT2D eigenvalue weighted by Gasteiger charge is -2.04. The van der Waals surface area contributed by atoms with Crippen LogP contribution in [0.15, 0.2) is 32.5 Å². The van der Waals surface area contributed by atoms with E-state index in [0.717, 1.165) is 14.7 Å². The van der Waals surface area contributed by atoms with E-state index in [0.29, 0.717) is 0 Å². The van der Waals surface area contributed by atoms with Gasteiger partial charge in [0, 0.05) is 6.07 Å². The molecule has 0 saturated heterocycles. The van der Waals surface area contributed by atoms with Gasteiger partial charge in [-0.1, -0.05) is 0 Å². The molecule has 0 fully saturated rings. The topological polar surface area (TPSA) is 127 Å². The van der Waals surface area contributed by atoms with E-state index in [-0.39, 0.29) is 42.2 Å². The molecule has 0 aliphatic carbocycles. The van der Waals surface area contributed by atoms with Gasteiger partial charge in [0.05, 0.1) is 19.7 Å². The monoisotopic (exact) mass is 453 g/mol. The number of esters is 1. The van der Waals surface area contributed by atoms with Crippen molar-refractivity contribution in [2.24, 2.45) is 0 Å². The van der Waals surface area contributed by atoms with Gasteiger partial charge in [0.1, 0.15) is 5.56 Å². The molecule has 0 atom stereocenters. The van der Waals surface area contributed by atoms with Crippen molar-refractivity contribution in [2.45, 2.75) is 6.61 Å². The van der Waals surface area contributed by atoms with E-state index < -0.39 is 16.6 Å². The summed E-state index contributed by atoms with van der Waals surface area (Å²) in [6.07, 6.45) is 0. The fraction of sp³-hybridized carbons (Fsp3) is 0.133. The Labute approximate surface area is 162 Å². The Kier molecular flexibility index (Phi) is 4.49. The highest BCUT2D eigenvalue weighted by Crippen LogP contribution is 2.38. The number of thiophene rings is 1. The lowest BCUT2D eigenvalue weighted by molar-refractivity contribution is -0.385. The molecule has 1 aliphatic heterocycles. The van der Waals surface area contributed by atoms with Gasteiger partial charge in [0.15, 0.2) is 18.1 Å². The standard InChI is InChI=1S/C15H8BrN3O7S/c16-12-2-1-11(27-12)14-18-17-13(26-14)5-23-15(20)7-3-9-10(25-6-24-9)4-8(7)19(21)22/h1-4H,5-6H2. The molecule has 0 radical (unpaired) electrons. The number of ether oxygens (including phenoxy) is 3. The molecule has 27 heavy (non-hydrogen) atoms. The molecule has 4 rings (SSSR count). The Morgan fingerprint density at radius 3 is 2.78 bits per heavy atom. The van der Waals surface area contributed by atoms with Crippen molar-refractivity contribution in [3.05, 3.63) is 49.6 Å². The molecule has 0 N–H and O–H groups in total. The van der Waals surface area contributed by atoms with Gasteiger partial charge in [-0.15, -0.1) is 21.5 Å². The number of nitrogens with zero attached hydrogens (tertiary/aromatic N) is 3. The third kappa shape index (κ3) is 3.48. The van der Waals surface area contributed by atoms with Crippen LogP contribution in [0.3, 0.4) is 0 Å². The van der Waals surface area contributed by atoms with Crippen LogP contribution < -0.4 is 9.47 Å². The number of nitro groups is 1. The first-order chi connectivity index (χ1) is 13.0. The predicted octanol–water partition coefficient (Wildman–Crippen LogP) is 3.55. The fourth-order valence-corrected chi connectivity index (χ4v) is 3.60. The van der Waals surface area contributed by atoms with E-state index in [1.807, 2.05) is 6.07 Å². The van der Waals surface area contributed by atoms with Crippen LogP contribution in [0.2, 0.25) is 0 Å². The molecular weight excluding hydrogens is 446 g/mol. The largest absolute Gasteiger partial charge is 0.454 e. The number of fused-ring (bicyclic) bond motifs is 1. The molecule has 0 unspecified atom stereocenters. The molecule has 3 aromatic rings. The first-order valence-corrected chi connectivity index (χ1v) is 8.95. The second kappa shape index (κ2) is 6.96. The number of hydrogen-bond donors (Lipinski definition) is 0. The molecular formula is C15H8BrN3O7S. The van der Waals surface area contributed by atoms with Crippen molar-refractivity contribution in [1.29, 1.82) is 0 Å². The third-order valence-electron chi connectivity index (χ3n) is 3.49. The summed E-state index contributed by atoms with van der Waals surface area (Å²) in [6, 6.07) is 5.97. The number of carbonyl (C=O) groups is 1. The normalized spacial score (nSPS) is 12.2. The van der Waals surface area contributed by atoms with Gasteiger partial charge in [-0.25, -0.2) is 4.79 Å². The Bertz CT molecular complexity index is 1050. The quantitative estimate of drug-likeness (QED) is 0.323. The maximum absolute atomic E-state index is 12.3. The number of rotatable bonds is 5. The first kappa shape index (κ1) is 17.4. The third-order valence-corrected chi connectivity index (χ3v) is 5.10. The molecule has 12 heteroatoms. The van der Waals surface area contributed by atoms with Gasteiger partial charge >= 0.3 is 5.97 Å². The minimum Gasteiger partial charge on any atom is -0.454 e. The summed E-state index contributed by atoms with van der Waals surface area (Å²) in [6.45, 7) is -0.404. The number of halogens is 1. The number of benzene rings is 1. The highest BCUT2D eigenvalue weighted by Gasteiger charge is 2.28. The van der Waals surface area contributed by atoms with Crippen molar-refractivity contribution < 1.29 is 28.3 Å². The highest BCUT2D eigenvalue weighted by molar-refractivity contribution is 9.11. The zero-order valence-electron chi connectivity index (χ0n) is 13.2. The Morgan fingerprint density at radius 2 is 2.07 bits per heavy atom. The van der Waals surface area contributed by atoms with Gasteiger partial charge in [0.2, 0.25) is 6.79 Å². The van der Waals surface area contributed by atoms with E-state index >= 15 is 0 Å². The van der Waals surface area contributed by atoms with Crippen LogP contribution in [0, 0.1) is 10.1 Å². The van der Waals surface area contributed by atoms with Crippen molar-refractivity contribution >= 4 is 38.9 Å². The van der Waals surface area contributed by atoms with Crippen LogP contribution in [0.1, 0.15) is 16.2 Å². The van der Waals surface area contributed by atoms with Crippen LogP contribution in [0.25, 0.3) is 10.8 Å². The highest BCUT2D eigenvalue weighted by atomic mass is 79.9. The second-order valence-corrected chi connectivity index (χ2v) is 7.62. The van der Waals surface area contributed by atoms with Gasteiger partial charge in [-0.3, -0.25) is 10.1 Å². The zero-order chi connectivity index (χ0) is 19.0. The molecule has 1 aliphatic rings. The van der Waals surface area contributed by atoms with E-state index in [9.17, 15) is 14.9 Å². The van der Waals surface area contributed by atoms with Crippen LogP contribution in [0.4, 0.5) is 5.69 Å². The van der Waals surface area contributed by atoms with Gasteiger partial charge in [0.25, 0.3) is 17.5 Å². The van der Waals surface area contributed by atoms with E-state index in [1.165, 1.54) is 17.4 Å². The predicted molar refractivity (Wildman–Crippen MR) is 93.6 cm³/mol. The maximum atomic E-state index is 12.3. The summed E-state index contributed by atoms with van der Waals surface area (Å²) in [5.41, 5.74) is -0.704. The van der Waals surface area contributed by atoms with Crippen LogP contribution >= 0.6 is 27.3 Å². The summed E-state index contributed by atoms with van der Waals surface area (Å²) < 4.78 is 21.6. The molecule has 10 nitrogen and oxygen atoms in total. The zero-order valence-corrected chi connectivity index (χ0v) is 15.6. The van der Waals surface area contributed by atoms with Crippen molar-refractivity contribution in [3.63, 3.8) is 0 Å². The smallest absolute Gasteiger partial charge is 0.345 e. The first-order valence-electron chi connectivity index (χ1n) is 7.34. The van der Waals surface area contributed by atoms with Crippen LogP contribution in [-0.2, 0) is 11.3 Å². The molecule has 0 bridgehead atoms. The molecule has 0 saturated carbocycles. The van der Waals surface area contributed by atoms with Crippen molar-refractivity contribution in [2.75, 3.05) is 6.79 Å². The fourth-order valence-electron chi connectivity index (χ4n) is 2.29. The number of nitro benzene ring substituents is 1.